The molecule has 1 aliphatic rings. The molecule has 32 heavy (non-hydrogen) atoms. The van der Waals surface area contributed by atoms with Gasteiger partial charge in [-0.05, 0) is 55.3 Å². The summed E-state index contributed by atoms with van der Waals surface area (Å²) in [6, 6.07) is 9.60. The lowest BCUT2D eigenvalue weighted by Crippen LogP contribution is -2.27. The van der Waals surface area contributed by atoms with Crippen LogP contribution in [0.1, 0.15) is 28.8 Å². The third kappa shape index (κ3) is 6.47. The molecular weight excluding hydrogens is 432 g/mol. The zero-order valence-corrected chi connectivity index (χ0v) is 16.8. The Kier molecular flexibility index (Phi) is 7.69. The summed E-state index contributed by atoms with van der Waals surface area (Å²) in [5.41, 5.74) is 1.01. The summed E-state index contributed by atoms with van der Waals surface area (Å²) in [5, 5.41) is 2.58. The molecule has 170 valence electrons. The van der Waals surface area contributed by atoms with E-state index < -0.39 is 24.9 Å². The van der Waals surface area contributed by atoms with E-state index in [-0.39, 0.29) is 17.2 Å². The SMILES string of the molecule is O=C(/C=C/c1ccc(OC(F)F)cc1OC(F)F)Nc1ccc(C(=O)N2CCCC2)cc1. The predicted octanol–water partition coefficient (Wildman–Crippen LogP) is 4.78. The number of ether oxygens (including phenoxy) is 2. The highest BCUT2D eigenvalue weighted by atomic mass is 19.3. The van der Waals surface area contributed by atoms with Crippen LogP contribution in [0.3, 0.4) is 0 Å². The Morgan fingerprint density at radius 2 is 1.59 bits per heavy atom. The smallest absolute Gasteiger partial charge is 0.387 e. The molecule has 2 amide bonds. The lowest BCUT2D eigenvalue weighted by atomic mass is 10.1. The van der Waals surface area contributed by atoms with Gasteiger partial charge in [0.1, 0.15) is 11.5 Å². The van der Waals surface area contributed by atoms with Crippen LogP contribution >= 0.6 is 0 Å². The first-order valence-electron chi connectivity index (χ1n) is 9.74. The summed E-state index contributed by atoms with van der Waals surface area (Å²) in [4.78, 5) is 26.3. The summed E-state index contributed by atoms with van der Waals surface area (Å²) in [6.45, 7) is -4.86. The van der Waals surface area contributed by atoms with E-state index in [1.54, 1.807) is 29.2 Å². The topological polar surface area (TPSA) is 67.9 Å². The number of amides is 2. The fraction of sp³-hybridized carbons (Fsp3) is 0.273. The Hall–Kier alpha value is -3.56. The van der Waals surface area contributed by atoms with Gasteiger partial charge in [0.15, 0.2) is 0 Å². The van der Waals surface area contributed by atoms with Gasteiger partial charge in [0.05, 0.1) is 0 Å². The van der Waals surface area contributed by atoms with Crippen molar-refractivity contribution < 1.29 is 36.6 Å². The second-order valence-corrected chi connectivity index (χ2v) is 6.86. The van der Waals surface area contributed by atoms with E-state index in [0.29, 0.717) is 11.3 Å². The second kappa shape index (κ2) is 10.7. The van der Waals surface area contributed by atoms with Crippen LogP contribution in [0.4, 0.5) is 23.2 Å². The highest BCUT2D eigenvalue weighted by Crippen LogP contribution is 2.28. The van der Waals surface area contributed by atoms with Gasteiger partial charge in [-0.3, -0.25) is 9.59 Å². The van der Waals surface area contributed by atoms with E-state index >= 15 is 0 Å². The van der Waals surface area contributed by atoms with Crippen LogP contribution < -0.4 is 14.8 Å². The fourth-order valence-electron chi connectivity index (χ4n) is 3.17. The van der Waals surface area contributed by atoms with Crippen molar-refractivity contribution in [3.63, 3.8) is 0 Å². The van der Waals surface area contributed by atoms with Crippen molar-refractivity contribution in [2.45, 2.75) is 26.1 Å². The number of likely N-dealkylation sites (tertiary alicyclic amines) is 1. The number of nitrogens with zero attached hydrogens (tertiary/aromatic N) is 1. The molecule has 0 radical (unpaired) electrons. The Morgan fingerprint density at radius 3 is 2.22 bits per heavy atom. The van der Waals surface area contributed by atoms with Gasteiger partial charge in [0.2, 0.25) is 5.91 Å². The third-order valence-electron chi connectivity index (χ3n) is 4.63. The summed E-state index contributed by atoms with van der Waals surface area (Å²) in [5.74, 6) is -1.42. The number of rotatable bonds is 8. The second-order valence-electron chi connectivity index (χ2n) is 6.86. The minimum absolute atomic E-state index is 0.0635. The monoisotopic (exact) mass is 452 g/mol. The summed E-state index contributed by atoms with van der Waals surface area (Å²) < 4.78 is 58.4. The van der Waals surface area contributed by atoms with E-state index in [0.717, 1.165) is 44.1 Å². The van der Waals surface area contributed by atoms with Crippen molar-refractivity contribution >= 4 is 23.6 Å². The average molecular weight is 452 g/mol. The molecule has 2 aromatic carbocycles. The molecule has 0 saturated carbocycles. The number of benzene rings is 2. The number of alkyl halides is 4. The quantitative estimate of drug-likeness (QED) is 0.463. The minimum Gasteiger partial charge on any atom is -0.435 e. The number of anilines is 1. The van der Waals surface area contributed by atoms with E-state index in [1.165, 1.54) is 12.1 Å². The summed E-state index contributed by atoms with van der Waals surface area (Å²) in [7, 11) is 0. The van der Waals surface area contributed by atoms with Crippen LogP contribution in [0.15, 0.2) is 48.5 Å². The van der Waals surface area contributed by atoms with Crippen molar-refractivity contribution in [3.05, 3.63) is 59.7 Å². The molecule has 0 bridgehead atoms. The predicted molar refractivity (Wildman–Crippen MR) is 109 cm³/mol. The van der Waals surface area contributed by atoms with Crippen molar-refractivity contribution in [1.29, 1.82) is 0 Å². The van der Waals surface area contributed by atoms with E-state index in [9.17, 15) is 27.2 Å². The molecule has 6 nitrogen and oxygen atoms in total. The van der Waals surface area contributed by atoms with Gasteiger partial charge in [-0.1, -0.05) is 0 Å². The number of nitrogens with one attached hydrogen (secondary N) is 1. The van der Waals surface area contributed by atoms with E-state index in [1.807, 2.05) is 0 Å². The average Bonchev–Trinajstić information content (AvgIpc) is 3.27. The molecule has 1 N–H and O–H groups in total. The molecule has 0 atom stereocenters. The number of hydrogen-bond donors (Lipinski definition) is 1. The molecule has 1 heterocycles. The van der Waals surface area contributed by atoms with Crippen LogP contribution in [-0.2, 0) is 4.79 Å². The first kappa shape index (κ1) is 23.1. The standard InChI is InChI=1S/C22H20F4N2O4/c23-21(24)31-17-9-5-14(18(13-17)32-22(25)26)6-10-19(29)27-16-7-3-15(4-8-16)20(30)28-11-1-2-12-28/h3-10,13,21-22H,1-2,11-12H2,(H,27,29)/b10-6+. The minimum atomic E-state index is -3.19. The first-order valence-corrected chi connectivity index (χ1v) is 9.74. The van der Waals surface area contributed by atoms with Gasteiger partial charge < -0.3 is 19.7 Å². The molecule has 0 spiro atoms. The molecule has 1 aliphatic heterocycles. The Balaban J connectivity index is 1.64. The molecular formula is C22H20F4N2O4. The van der Waals surface area contributed by atoms with Crippen LogP contribution in [-0.4, -0.2) is 43.0 Å². The molecule has 3 rings (SSSR count). The first-order chi connectivity index (χ1) is 15.3. The number of carbonyl (C=O) groups is 2. The highest BCUT2D eigenvalue weighted by molar-refractivity contribution is 6.02. The molecule has 0 aromatic heterocycles. The maximum Gasteiger partial charge on any atom is 0.387 e. The van der Waals surface area contributed by atoms with Crippen molar-refractivity contribution in [1.82, 2.24) is 4.90 Å². The van der Waals surface area contributed by atoms with Crippen LogP contribution in [0.5, 0.6) is 11.5 Å². The molecule has 10 heteroatoms. The van der Waals surface area contributed by atoms with Crippen LogP contribution in [0.2, 0.25) is 0 Å². The van der Waals surface area contributed by atoms with Crippen molar-refractivity contribution in [3.8, 4) is 11.5 Å². The Morgan fingerprint density at radius 1 is 0.938 bits per heavy atom. The maximum atomic E-state index is 12.6. The largest absolute Gasteiger partial charge is 0.435 e. The zero-order chi connectivity index (χ0) is 23.1. The molecule has 2 aromatic rings. The van der Waals surface area contributed by atoms with E-state index in [2.05, 4.69) is 14.8 Å². The Bertz CT molecular complexity index is 974. The molecule has 1 fully saturated rings. The Labute approximate surface area is 181 Å². The summed E-state index contributed by atoms with van der Waals surface area (Å²) >= 11 is 0. The van der Waals surface area contributed by atoms with Gasteiger partial charge in [-0.15, -0.1) is 0 Å². The molecule has 0 unspecified atom stereocenters. The van der Waals surface area contributed by atoms with E-state index in [4.69, 9.17) is 0 Å². The lowest BCUT2D eigenvalue weighted by Gasteiger charge is -2.15. The normalized spacial score (nSPS) is 13.8. The number of hydrogen-bond acceptors (Lipinski definition) is 4. The van der Waals surface area contributed by atoms with Crippen molar-refractivity contribution in [2.75, 3.05) is 18.4 Å². The van der Waals surface area contributed by atoms with Crippen LogP contribution in [0, 0.1) is 0 Å². The molecule has 1 saturated heterocycles. The molecule has 0 aliphatic carbocycles. The van der Waals surface area contributed by atoms with Gasteiger partial charge in [0, 0.05) is 42.0 Å². The van der Waals surface area contributed by atoms with Gasteiger partial charge in [-0.25, -0.2) is 0 Å². The van der Waals surface area contributed by atoms with Crippen LogP contribution in [0.25, 0.3) is 6.08 Å². The number of carbonyl (C=O) groups excluding carboxylic acids is 2. The zero-order valence-electron chi connectivity index (χ0n) is 16.8. The van der Waals surface area contributed by atoms with Gasteiger partial charge in [0.25, 0.3) is 5.91 Å². The third-order valence-corrected chi connectivity index (χ3v) is 4.63. The summed E-state index contributed by atoms with van der Waals surface area (Å²) in [6.07, 6.45) is 4.24. The lowest BCUT2D eigenvalue weighted by molar-refractivity contribution is -0.111. The fourth-order valence-corrected chi connectivity index (χ4v) is 3.17. The van der Waals surface area contributed by atoms with Gasteiger partial charge in [-0.2, -0.15) is 17.6 Å². The van der Waals surface area contributed by atoms with Crippen molar-refractivity contribution in [2.24, 2.45) is 0 Å². The van der Waals surface area contributed by atoms with Gasteiger partial charge >= 0.3 is 13.2 Å². The highest BCUT2D eigenvalue weighted by Gasteiger charge is 2.19. The number of halogens is 4. The maximum absolute atomic E-state index is 12.6.